The lowest BCUT2D eigenvalue weighted by Gasteiger charge is -2.31. The maximum atomic E-state index is 14.0. The summed E-state index contributed by atoms with van der Waals surface area (Å²) in [7, 11) is 0. The minimum atomic E-state index is -0.882. The van der Waals surface area contributed by atoms with E-state index in [9.17, 15) is 49.5 Å². The number of nitrogen functional groups attached to an aromatic ring is 1. The van der Waals surface area contributed by atoms with Gasteiger partial charge in [-0.25, -0.2) is 0 Å². The lowest BCUT2D eigenvalue weighted by molar-refractivity contribution is 0.0678. The molecule has 103 heavy (non-hydrogen) atoms. The number of carbonyl (C=O) groups is 4. The number of aromatic hydroxyl groups is 2. The molecule has 8 aromatic rings. The molecule has 0 saturated carbocycles. The second kappa shape index (κ2) is 43.0. The summed E-state index contributed by atoms with van der Waals surface area (Å²) in [6.07, 6.45) is 18.4. The van der Waals surface area contributed by atoms with Gasteiger partial charge in [0.05, 0.1) is 5.69 Å². The van der Waals surface area contributed by atoms with Gasteiger partial charge in [0.2, 0.25) is 11.8 Å². The normalized spacial score (nSPS) is 12.0. The summed E-state index contributed by atoms with van der Waals surface area (Å²) in [4.78, 5) is 82.8. The van der Waals surface area contributed by atoms with E-state index in [4.69, 9.17) is 5.73 Å². The van der Waals surface area contributed by atoms with Crippen LogP contribution in [0.15, 0.2) is 196 Å². The van der Waals surface area contributed by atoms with Crippen LogP contribution in [0, 0.1) is 46.3 Å². The molecule has 4 amide bonds. The third-order valence-corrected chi connectivity index (χ3v) is 18.6. The number of nitriles is 2. The number of carbonyl (C=O) groups excluding carboxylic acids is 4. The molecule has 4 atom stereocenters. The van der Waals surface area contributed by atoms with Crippen molar-refractivity contribution in [3.63, 3.8) is 0 Å². The summed E-state index contributed by atoms with van der Waals surface area (Å²) in [6.45, 7) is 20.9. The van der Waals surface area contributed by atoms with Crippen molar-refractivity contribution in [2.45, 2.75) is 158 Å². The van der Waals surface area contributed by atoms with Crippen molar-refractivity contribution in [3.8, 4) is 46.2 Å². The van der Waals surface area contributed by atoms with Gasteiger partial charge in [0, 0.05) is 71.3 Å². The van der Waals surface area contributed by atoms with Gasteiger partial charge in [0.1, 0.15) is 23.3 Å². The number of nitrogens with zero attached hydrogens (tertiary/aromatic N) is 8. The van der Waals surface area contributed by atoms with E-state index in [-0.39, 0.29) is 39.8 Å². The van der Waals surface area contributed by atoms with Crippen LogP contribution in [0.4, 0.5) is 17.1 Å². The van der Waals surface area contributed by atoms with Gasteiger partial charge < -0.3 is 25.7 Å². The Morgan fingerprint density at radius 1 is 0.466 bits per heavy atom. The molecule has 6 N–H and O–H groups in total. The third-order valence-electron chi connectivity index (χ3n) is 18.6. The number of unbranched alkanes of at least 4 members (excludes halogenated alkanes) is 4. The van der Waals surface area contributed by atoms with Crippen LogP contribution in [0.5, 0.6) is 11.8 Å². The molecule has 8 rings (SSSR count). The number of hydrogen-bond acceptors (Lipinski definition) is 13. The average Bonchev–Trinajstić information content (AvgIpc) is 0.766. The number of nitrogens with one attached hydrogen (secondary N) is 2. The van der Waals surface area contributed by atoms with Gasteiger partial charge in [-0.15, -0.1) is 5.11 Å². The topological polar surface area (TPSA) is 282 Å². The second-order valence-electron chi connectivity index (χ2n) is 26.0. The van der Waals surface area contributed by atoms with Crippen LogP contribution in [0.25, 0.3) is 22.3 Å². The molecule has 2 heterocycles. The molecule has 0 fully saturated rings. The lowest BCUT2D eigenvalue weighted by atomic mass is 9.95. The number of amides is 4. The van der Waals surface area contributed by atoms with Crippen molar-refractivity contribution in [3.05, 3.63) is 230 Å². The number of anilines is 1. The Bertz CT molecular complexity index is 4170. The van der Waals surface area contributed by atoms with E-state index in [1.165, 1.54) is 44.6 Å². The highest BCUT2D eigenvalue weighted by Crippen LogP contribution is 2.37. The average molecular weight is 1390 g/mol. The van der Waals surface area contributed by atoms with E-state index in [2.05, 4.69) is 81.4 Å². The van der Waals surface area contributed by atoms with Crippen molar-refractivity contribution in [2.24, 2.45) is 33.9 Å². The fourth-order valence-electron chi connectivity index (χ4n) is 12.2. The van der Waals surface area contributed by atoms with E-state index < -0.39 is 34.7 Å². The Balaban J connectivity index is 0.000000272. The van der Waals surface area contributed by atoms with Gasteiger partial charge in [-0.1, -0.05) is 230 Å². The highest BCUT2D eigenvalue weighted by atomic mass is 16.3. The molecule has 0 aliphatic carbocycles. The predicted molar refractivity (Wildman–Crippen MR) is 412 cm³/mol. The number of benzene rings is 6. The molecule has 19 nitrogen and oxygen atoms in total. The summed E-state index contributed by atoms with van der Waals surface area (Å²) in [5.41, 5.74) is 12.7. The van der Waals surface area contributed by atoms with Crippen molar-refractivity contribution in [1.29, 1.82) is 10.5 Å². The third kappa shape index (κ3) is 23.8. The molecule has 0 radical (unpaired) electrons. The van der Waals surface area contributed by atoms with Crippen LogP contribution in [0.1, 0.15) is 211 Å². The SMILES string of the molecule is CCCCC(CC)CN(CC(CC)CCCC)C(=O)c1ccc(N)cc1.CCCCC(CC)CN(CC(CC)CCCC)C(=O)c1ccc(N=Nc2c(-c3ccccc3)c(C#N)c(O)n(NC(=O)c3ccccc3)c2=O)cc1.N#Cc1c(-c2ccccc2)cc(=O)n(NC(=O)c2ccccc2)c1O. The predicted octanol–water partition coefficient (Wildman–Crippen LogP) is 18.4. The van der Waals surface area contributed by atoms with Gasteiger partial charge >= 0.3 is 5.56 Å². The highest BCUT2D eigenvalue weighted by molar-refractivity contribution is 6.01. The van der Waals surface area contributed by atoms with Crippen LogP contribution in [0.2, 0.25) is 0 Å². The Morgan fingerprint density at radius 3 is 1.20 bits per heavy atom. The first kappa shape index (κ1) is 81.0. The summed E-state index contributed by atoms with van der Waals surface area (Å²) in [5, 5.41) is 49.6. The molecule has 0 saturated heterocycles. The fraction of sp³-hybridized carbons (Fsp3) is 0.381. The van der Waals surface area contributed by atoms with E-state index >= 15 is 0 Å². The molecular weight excluding hydrogens is 1290 g/mol. The standard InChI is InChI=1S/C42H50N6O4.C23H40N2O.C19H13N3O3/c1-5-9-17-30(7-3)28-47(29-31(8-4)18-10-6-2)40(50)34-23-25-35(26-24-34)44-45-38-37(32-19-13-11-14-20-32)36(27-43)41(51)48(42(38)52)46-39(49)33-21-15-12-16-22-33;1-5-9-11-19(7-3)17-25(18-20(8-4)12-10-6-2)23(26)21-13-15-22(24)16-14-21;20-12-16-15(13-7-3-1-4-8-13)11-17(23)22(19(16)25)21-18(24)14-9-5-2-6-10-14/h11-16,19-26,30-31,51H,5-10,17-18,28-29H2,1-4H3,(H,46,49);13-16,19-20H,5-12,17-18,24H2,1-4H3;1-11,25H,(H,21,24). The van der Waals surface area contributed by atoms with Crippen molar-refractivity contribution < 1.29 is 29.4 Å². The van der Waals surface area contributed by atoms with Gasteiger partial charge in [-0.05, 0) is 133 Å². The molecule has 19 heteroatoms. The number of nitrogens with two attached hydrogens (primary N) is 1. The summed E-state index contributed by atoms with van der Waals surface area (Å²) >= 11 is 0. The zero-order chi connectivity index (χ0) is 74.6. The first-order valence-electron chi connectivity index (χ1n) is 36.5. The molecule has 0 bridgehead atoms. The van der Waals surface area contributed by atoms with Crippen LogP contribution in [-0.4, -0.2) is 79.2 Å². The monoisotopic (exact) mass is 1390 g/mol. The zero-order valence-electron chi connectivity index (χ0n) is 61.2. The Hall–Kier alpha value is -10.9. The van der Waals surface area contributed by atoms with E-state index in [0.717, 1.165) is 96.0 Å². The van der Waals surface area contributed by atoms with Crippen LogP contribution < -0.4 is 27.7 Å². The van der Waals surface area contributed by atoms with Crippen molar-refractivity contribution in [2.75, 3.05) is 42.8 Å². The molecule has 6 aromatic carbocycles. The van der Waals surface area contributed by atoms with Gasteiger partial charge in [-0.2, -0.15) is 25.0 Å². The minimum absolute atomic E-state index is 0.0195. The molecule has 0 aliphatic rings. The number of pyridine rings is 2. The van der Waals surface area contributed by atoms with Gasteiger partial charge in [-0.3, -0.25) is 39.6 Å². The first-order chi connectivity index (χ1) is 49.9. The fourth-order valence-corrected chi connectivity index (χ4v) is 12.2. The quantitative estimate of drug-likeness (QED) is 0.0187. The van der Waals surface area contributed by atoms with Crippen LogP contribution >= 0.6 is 0 Å². The first-order valence-corrected chi connectivity index (χ1v) is 36.5. The number of rotatable bonds is 34. The van der Waals surface area contributed by atoms with Crippen LogP contribution in [0.3, 0.4) is 0 Å². The van der Waals surface area contributed by atoms with E-state index in [1.54, 1.807) is 146 Å². The summed E-state index contributed by atoms with van der Waals surface area (Å²) < 4.78 is 1.28. The second-order valence-corrected chi connectivity index (χ2v) is 26.0. The zero-order valence-corrected chi connectivity index (χ0v) is 61.2. The molecule has 542 valence electrons. The van der Waals surface area contributed by atoms with Crippen molar-refractivity contribution in [1.82, 2.24) is 19.2 Å². The largest absolute Gasteiger partial charge is 0.492 e. The van der Waals surface area contributed by atoms with Gasteiger partial charge in [0.15, 0.2) is 5.69 Å². The maximum absolute atomic E-state index is 14.0. The molecule has 2 aromatic heterocycles. The van der Waals surface area contributed by atoms with Crippen molar-refractivity contribution >= 4 is 40.7 Å². The molecule has 0 aliphatic heterocycles. The summed E-state index contributed by atoms with van der Waals surface area (Å²) in [5.74, 6) is -0.391. The molecule has 4 unspecified atom stereocenters. The van der Waals surface area contributed by atoms with Gasteiger partial charge in [0.25, 0.3) is 29.2 Å². The van der Waals surface area contributed by atoms with E-state index in [1.807, 2.05) is 41.3 Å². The summed E-state index contributed by atoms with van der Waals surface area (Å²) in [6, 6.07) is 53.0. The number of azo groups is 1. The Morgan fingerprint density at radius 2 is 0.825 bits per heavy atom. The highest BCUT2D eigenvalue weighted by Gasteiger charge is 2.28. The molecule has 0 spiro atoms. The maximum Gasteiger partial charge on any atom is 0.300 e. The lowest BCUT2D eigenvalue weighted by Crippen LogP contribution is -2.39. The number of aromatic nitrogens is 2. The Labute approximate surface area is 607 Å². The molecular formula is C84H103N11O8. The van der Waals surface area contributed by atoms with E-state index in [0.29, 0.717) is 72.2 Å². The van der Waals surface area contributed by atoms with Crippen LogP contribution in [-0.2, 0) is 0 Å². The Kier molecular flexibility index (Phi) is 33.8. The minimum Gasteiger partial charge on any atom is -0.492 e. The number of hydrogen-bond donors (Lipinski definition) is 5. The smallest absolute Gasteiger partial charge is 0.300 e.